The van der Waals surface area contributed by atoms with Crippen LogP contribution in [0.1, 0.15) is 10.4 Å². The van der Waals surface area contributed by atoms with Gasteiger partial charge in [-0.05, 0) is 12.1 Å². The normalized spacial score (nSPS) is 11.2. The quantitative estimate of drug-likeness (QED) is 0.386. The van der Waals surface area contributed by atoms with Crippen LogP contribution in [0.3, 0.4) is 0 Å². The highest BCUT2D eigenvalue weighted by Crippen LogP contribution is 1.99. The number of rotatable bonds is 1. The van der Waals surface area contributed by atoms with E-state index in [0.29, 0.717) is 0 Å². The summed E-state index contributed by atoms with van der Waals surface area (Å²) in [6.45, 7) is 0. The lowest BCUT2D eigenvalue weighted by molar-refractivity contribution is -0.461. The van der Waals surface area contributed by atoms with E-state index in [1.54, 1.807) is 18.2 Å². The summed E-state index contributed by atoms with van der Waals surface area (Å²) in [7, 11) is 0. The summed E-state index contributed by atoms with van der Waals surface area (Å²) in [5.74, 6) is -0.891. The second-order valence-corrected chi connectivity index (χ2v) is 2.03. The molecule has 0 bridgehead atoms. The number of hydrogen-bond acceptors (Lipinski definition) is 3. The molecule has 62 valence electrons. The van der Waals surface area contributed by atoms with E-state index in [4.69, 9.17) is 5.21 Å². The molecule has 0 atom stereocenters. The van der Waals surface area contributed by atoms with Crippen molar-refractivity contribution in [2.24, 2.45) is 5.28 Å². The molecule has 1 aromatic carbocycles. The van der Waals surface area contributed by atoms with E-state index in [9.17, 15) is 10.0 Å². The Kier molecular flexibility index (Phi) is 2.37. The Morgan fingerprint density at radius 3 is 2.50 bits per heavy atom. The zero-order valence-corrected chi connectivity index (χ0v) is 6.04. The molecule has 0 aliphatic heterocycles. The molecule has 1 N–H and O–H groups in total. The highest BCUT2D eigenvalue weighted by Gasteiger charge is 2.15. The summed E-state index contributed by atoms with van der Waals surface area (Å²) in [4.78, 5) is 10.6. The maximum absolute atomic E-state index is 10.9. The molecule has 0 saturated carbocycles. The zero-order chi connectivity index (χ0) is 8.97. The van der Waals surface area contributed by atoms with Gasteiger partial charge in [0.25, 0.3) is 0 Å². The lowest BCUT2D eigenvalue weighted by atomic mass is 10.2. The molecule has 0 aromatic heterocycles. The first kappa shape index (κ1) is 8.19. The number of amides is 1. The van der Waals surface area contributed by atoms with Crippen LogP contribution >= 0.6 is 0 Å². The fraction of sp³-hybridized carbons (Fsp3) is 0. The van der Waals surface area contributed by atoms with Crippen molar-refractivity contribution in [2.75, 3.05) is 0 Å². The van der Waals surface area contributed by atoms with Gasteiger partial charge in [-0.3, -0.25) is 0 Å². The summed E-state index contributed by atoms with van der Waals surface area (Å²) in [5.41, 5.74) is 0.185. The molecule has 0 aliphatic rings. The van der Waals surface area contributed by atoms with E-state index in [0.717, 1.165) is 0 Å². The summed E-state index contributed by atoms with van der Waals surface area (Å²) in [6, 6.07) is 7.84. The van der Waals surface area contributed by atoms with Gasteiger partial charge in [-0.15, -0.1) is 0 Å². The predicted molar refractivity (Wildman–Crippen MR) is 38.6 cm³/mol. The van der Waals surface area contributed by atoms with Gasteiger partial charge in [0.1, 0.15) is 0 Å². The highest BCUT2D eigenvalue weighted by molar-refractivity contribution is 5.87. The fourth-order valence-corrected chi connectivity index (χ4v) is 0.732. The van der Waals surface area contributed by atoms with Gasteiger partial charge in [-0.1, -0.05) is 18.2 Å². The minimum absolute atomic E-state index is 0.185. The Morgan fingerprint density at radius 2 is 2.00 bits per heavy atom. The van der Waals surface area contributed by atoms with Gasteiger partial charge < -0.3 is 10.4 Å². The molecule has 5 heteroatoms. The van der Waals surface area contributed by atoms with Crippen LogP contribution in [0.25, 0.3) is 0 Å². The van der Waals surface area contributed by atoms with Crippen molar-refractivity contribution in [2.45, 2.75) is 0 Å². The monoisotopic (exact) mass is 166 g/mol. The second kappa shape index (κ2) is 3.47. The van der Waals surface area contributed by atoms with E-state index in [2.05, 4.69) is 5.28 Å². The SMILES string of the molecule is O=C(c1ccccc1)[N+]([O-])=NO. The van der Waals surface area contributed by atoms with Gasteiger partial charge in [0.15, 0.2) is 0 Å². The molecule has 1 aromatic rings. The largest absolute Gasteiger partial charge is 0.589 e. The Bertz CT molecular complexity index is 308. The van der Waals surface area contributed by atoms with Gasteiger partial charge in [0, 0.05) is 4.86 Å². The molecule has 1 rings (SSSR count). The van der Waals surface area contributed by atoms with Crippen molar-refractivity contribution in [1.29, 1.82) is 0 Å². The van der Waals surface area contributed by atoms with E-state index in [1.807, 2.05) is 0 Å². The summed E-state index contributed by atoms with van der Waals surface area (Å²) >= 11 is 0. The fourth-order valence-electron chi connectivity index (χ4n) is 0.732. The molecule has 0 fully saturated rings. The molecule has 0 saturated heterocycles. The van der Waals surface area contributed by atoms with Gasteiger partial charge in [-0.25, -0.2) is 4.79 Å². The first-order valence-electron chi connectivity index (χ1n) is 3.17. The summed E-state index contributed by atoms with van der Waals surface area (Å²) in [5, 5.41) is 20.6. The number of nitrogens with zero attached hydrogens (tertiary/aromatic N) is 2. The number of carbonyl (C=O) groups excluding carboxylic acids is 1. The second-order valence-electron chi connectivity index (χ2n) is 2.03. The Hall–Kier alpha value is -1.91. The van der Waals surface area contributed by atoms with Crippen LogP contribution in [0.4, 0.5) is 0 Å². The van der Waals surface area contributed by atoms with Crippen molar-refractivity contribution >= 4 is 5.91 Å². The van der Waals surface area contributed by atoms with Crippen LogP contribution < -0.4 is 0 Å². The molecule has 1 amide bonds. The van der Waals surface area contributed by atoms with E-state index in [1.165, 1.54) is 12.1 Å². The first-order valence-corrected chi connectivity index (χ1v) is 3.17. The average molecular weight is 166 g/mol. The topological polar surface area (TPSA) is 75.7 Å². The van der Waals surface area contributed by atoms with Crippen LogP contribution in [0, 0.1) is 5.21 Å². The molecule has 0 spiro atoms. The average Bonchev–Trinajstić information content (AvgIpc) is 2.17. The van der Waals surface area contributed by atoms with Crippen LogP contribution in [0.15, 0.2) is 35.6 Å². The Labute approximate surface area is 68.1 Å². The predicted octanol–water partition coefficient (Wildman–Crippen LogP) is 1.18. The molecule has 0 aliphatic carbocycles. The molecule has 0 unspecified atom stereocenters. The van der Waals surface area contributed by atoms with Crippen LogP contribution in [0.2, 0.25) is 0 Å². The van der Waals surface area contributed by atoms with Gasteiger partial charge in [0.05, 0.1) is 5.56 Å². The maximum atomic E-state index is 10.9. The molecule has 5 nitrogen and oxygen atoms in total. The van der Waals surface area contributed by atoms with Crippen molar-refractivity contribution in [3.05, 3.63) is 41.1 Å². The lowest BCUT2D eigenvalue weighted by Crippen LogP contribution is -2.12. The van der Waals surface area contributed by atoms with E-state index >= 15 is 0 Å². The summed E-state index contributed by atoms with van der Waals surface area (Å²) < 4.78 is 0. The summed E-state index contributed by atoms with van der Waals surface area (Å²) in [6.07, 6.45) is 0. The third-order valence-electron chi connectivity index (χ3n) is 1.28. The first-order chi connectivity index (χ1) is 5.75. The minimum Gasteiger partial charge on any atom is -0.589 e. The molecular formula is C7H6N2O3. The van der Waals surface area contributed by atoms with Crippen molar-refractivity contribution in [1.82, 2.24) is 0 Å². The van der Waals surface area contributed by atoms with Gasteiger partial charge in [-0.2, -0.15) is 0 Å². The Morgan fingerprint density at radius 1 is 1.42 bits per heavy atom. The maximum Gasteiger partial charge on any atom is 0.458 e. The zero-order valence-electron chi connectivity index (χ0n) is 6.04. The molecule has 12 heavy (non-hydrogen) atoms. The Balaban J connectivity index is 2.94. The minimum atomic E-state index is -0.891. The third-order valence-corrected chi connectivity index (χ3v) is 1.28. The van der Waals surface area contributed by atoms with Crippen LogP contribution in [-0.2, 0) is 0 Å². The standard InChI is InChI=1S/C7H6N2O3/c10-7(9(12)8-11)6-4-2-1-3-5-6/h1-5,11H. The van der Waals surface area contributed by atoms with Crippen molar-refractivity contribution < 1.29 is 14.9 Å². The molecule has 0 heterocycles. The van der Waals surface area contributed by atoms with E-state index < -0.39 is 5.91 Å². The highest BCUT2D eigenvalue weighted by atomic mass is 16.6. The lowest BCUT2D eigenvalue weighted by Gasteiger charge is -1.94. The molecular weight excluding hydrogens is 160 g/mol. The number of hydrogen-bond donors (Lipinski definition) is 1. The van der Waals surface area contributed by atoms with E-state index in [-0.39, 0.29) is 10.4 Å². The van der Waals surface area contributed by atoms with Crippen molar-refractivity contribution in [3.8, 4) is 0 Å². The van der Waals surface area contributed by atoms with Gasteiger partial charge >= 0.3 is 5.91 Å². The number of benzene rings is 1. The number of carbonyl (C=O) groups is 1. The van der Waals surface area contributed by atoms with Crippen LogP contribution in [0.5, 0.6) is 0 Å². The molecule has 0 radical (unpaired) electrons. The third kappa shape index (κ3) is 1.57. The van der Waals surface area contributed by atoms with Crippen molar-refractivity contribution in [3.63, 3.8) is 0 Å². The smallest absolute Gasteiger partial charge is 0.458 e. The van der Waals surface area contributed by atoms with Crippen LogP contribution in [-0.4, -0.2) is 16.0 Å². The number of hydroxylamine groups is 1. The van der Waals surface area contributed by atoms with Gasteiger partial charge in [0.2, 0.25) is 5.28 Å².